The number of carbonyl (C=O) groups excluding carboxylic acids is 1. The molecule has 76 valence electrons. The first-order chi connectivity index (χ1) is 6.77. The van der Waals surface area contributed by atoms with Gasteiger partial charge in [0.05, 0.1) is 5.02 Å². The number of hydrogen-bond donors (Lipinski definition) is 0. The van der Waals surface area contributed by atoms with Gasteiger partial charge in [0, 0.05) is 10.5 Å². The molecule has 0 radical (unpaired) electrons. The fourth-order valence-corrected chi connectivity index (χ4v) is 2.35. The van der Waals surface area contributed by atoms with Crippen molar-refractivity contribution in [2.75, 3.05) is 5.75 Å². The lowest BCUT2D eigenvalue weighted by molar-refractivity contribution is 0.112. The lowest BCUT2D eigenvalue weighted by Crippen LogP contribution is -1.83. The maximum atomic E-state index is 10.5. The molecule has 0 unspecified atom stereocenters. The quantitative estimate of drug-likeness (QED) is 0.430. The summed E-state index contributed by atoms with van der Waals surface area (Å²) in [6.07, 6.45) is 3.19. The summed E-state index contributed by atoms with van der Waals surface area (Å²) >= 11 is 7.68. The summed E-state index contributed by atoms with van der Waals surface area (Å²) < 4.78 is 0. The average Bonchev–Trinajstić information content (AvgIpc) is 2.18. The van der Waals surface area contributed by atoms with Crippen LogP contribution in [0.3, 0.4) is 0 Å². The van der Waals surface area contributed by atoms with E-state index in [-0.39, 0.29) is 0 Å². The summed E-state index contributed by atoms with van der Waals surface area (Å²) in [5, 5.41) is 0.543. The smallest absolute Gasteiger partial charge is 0.151 e. The number of unbranched alkanes of at least 4 members (excludes halogenated alkanes) is 1. The predicted octanol–water partition coefficient (Wildman–Crippen LogP) is 4.04. The molecule has 0 aliphatic heterocycles. The number of rotatable bonds is 5. The highest BCUT2D eigenvalue weighted by Crippen LogP contribution is 2.24. The number of aldehydes is 1. The van der Waals surface area contributed by atoms with E-state index in [1.165, 1.54) is 12.8 Å². The SMILES string of the molecule is CCCCSc1ccc(C=O)c(Cl)c1. The molecule has 0 spiro atoms. The van der Waals surface area contributed by atoms with Gasteiger partial charge in [-0.15, -0.1) is 11.8 Å². The highest BCUT2D eigenvalue weighted by molar-refractivity contribution is 7.99. The molecule has 1 rings (SSSR count). The van der Waals surface area contributed by atoms with Gasteiger partial charge in [-0.2, -0.15) is 0 Å². The second kappa shape index (κ2) is 6.10. The molecule has 0 saturated heterocycles. The van der Waals surface area contributed by atoms with Crippen molar-refractivity contribution in [2.45, 2.75) is 24.7 Å². The second-order valence-electron chi connectivity index (χ2n) is 3.00. The van der Waals surface area contributed by atoms with Crippen LogP contribution >= 0.6 is 23.4 Å². The normalized spacial score (nSPS) is 10.1. The van der Waals surface area contributed by atoms with Crippen molar-refractivity contribution in [3.8, 4) is 0 Å². The van der Waals surface area contributed by atoms with Gasteiger partial charge in [0.25, 0.3) is 0 Å². The fourth-order valence-electron chi connectivity index (χ4n) is 1.03. The van der Waals surface area contributed by atoms with Crippen LogP contribution < -0.4 is 0 Å². The monoisotopic (exact) mass is 228 g/mol. The predicted molar refractivity (Wildman–Crippen MR) is 62.5 cm³/mol. The molecule has 1 nitrogen and oxygen atoms in total. The lowest BCUT2D eigenvalue weighted by atomic mass is 10.2. The summed E-state index contributed by atoms with van der Waals surface area (Å²) in [5.41, 5.74) is 0.562. The van der Waals surface area contributed by atoms with Gasteiger partial charge in [0.15, 0.2) is 6.29 Å². The number of carbonyl (C=O) groups is 1. The zero-order chi connectivity index (χ0) is 10.4. The van der Waals surface area contributed by atoms with Gasteiger partial charge in [-0.05, 0) is 30.4 Å². The van der Waals surface area contributed by atoms with E-state index >= 15 is 0 Å². The Bertz CT molecular complexity index is 312. The summed E-state index contributed by atoms with van der Waals surface area (Å²) in [6.45, 7) is 2.17. The van der Waals surface area contributed by atoms with E-state index in [4.69, 9.17) is 11.6 Å². The first-order valence-electron chi connectivity index (χ1n) is 4.65. The van der Waals surface area contributed by atoms with Crippen LogP contribution in [-0.2, 0) is 0 Å². The zero-order valence-electron chi connectivity index (χ0n) is 8.13. The van der Waals surface area contributed by atoms with Gasteiger partial charge >= 0.3 is 0 Å². The first kappa shape index (κ1) is 11.6. The Hall–Kier alpha value is -0.470. The summed E-state index contributed by atoms with van der Waals surface area (Å²) in [4.78, 5) is 11.6. The molecule has 3 heteroatoms. The average molecular weight is 229 g/mol. The van der Waals surface area contributed by atoms with E-state index in [1.54, 1.807) is 17.8 Å². The summed E-state index contributed by atoms with van der Waals surface area (Å²) in [5.74, 6) is 1.10. The molecule has 0 bridgehead atoms. The molecule has 0 atom stereocenters. The minimum Gasteiger partial charge on any atom is -0.298 e. The molecule has 1 aromatic carbocycles. The van der Waals surface area contributed by atoms with Crippen molar-refractivity contribution in [3.05, 3.63) is 28.8 Å². The van der Waals surface area contributed by atoms with Gasteiger partial charge in [-0.1, -0.05) is 24.9 Å². The molecular formula is C11H13ClOS. The zero-order valence-corrected chi connectivity index (χ0v) is 9.70. The maximum absolute atomic E-state index is 10.5. The molecular weight excluding hydrogens is 216 g/mol. The van der Waals surface area contributed by atoms with Gasteiger partial charge in [-0.25, -0.2) is 0 Å². The Morgan fingerprint density at radius 1 is 1.50 bits per heavy atom. The van der Waals surface area contributed by atoms with Gasteiger partial charge in [0.2, 0.25) is 0 Å². The van der Waals surface area contributed by atoms with E-state index in [9.17, 15) is 4.79 Å². The van der Waals surface area contributed by atoms with Gasteiger partial charge < -0.3 is 0 Å². The molecule has 0 fully saturated rings. The second-order valence-corrected chi connectivity index (χ2v) is 4.58. The molecule has 0 N–H and O–H groups in total. The number of benzene rings is 1. The third-order valence-electron chi connectivity index (χ3n) is 1.87. The van der Waals surface area contributed by atoms with Gasteiger partial charge in [0.1, 0.15) is 0 Å². The van der Waals surface area contributed by atoms with E-state index in [1.807, 2.05) is 12.1 Å². The molecule has 0 aliphatic carbocycles. The molecule has 0 aromatic heterocycles. The van der Waals surface area contributed by atoms with Crippen LogP contribution in [0.2, 0.25) is 5.02 Å². The van der Waals surface area contributed by atoms with Crippen molar-refractivity contribution in [1.82, 2.24) is 0 Å². The van der Waals surface area contributed by atoms with Crippen LogP contribution in [0.15, 0.2) is 23.1 Å². The van der Waals surface area contributed by atoms with Gasteiger partial charge in [-0.3, -0.25) is 4.79 Å². The topological polar surface area (TPSA) is 17.1 Å². The molecule has 0 amide bonds. The van der Waals surface area contributed by atoms with Crippen LogP contribution in [0.1, 0.15) is 30.1 Å². The first-order valence-corrected chi connectivity index (χ1v) is 6.01. The third kappa shape index (κ3) is 3.35. The Morgan fingerprint density at radius 2 is 2.29 bits per heavy atom. The largest absolute Gasteiger partial charge is 0.298 e. The van der Waals surface area contributed by atoms with Crippen molar-refractivity contribution < 1.29 is 4.79 Å². The van der Waals surface area contributed by atoms with Crippen molar-refractivity contribution >= 4 is 29.6 Å². The van der Waals surface area contributed by atoms with Crippen LogP contribution in [0, 0.1) is 0 Å². The van der Waals surface area contributed by atoms with Crippen LogP contribution in [0.5, 0.6) is 0 Å². The minimum atomic E-state index is 0.543. The number of hydrogen-bond acceptors (Lipinski definition) is 2. The van der Waals surface area contributed by atoms with Crippen LogP contribution in [-0.4, -0.2) is 12.0 Å². The Kier molecular flexibility index (Phi) is 5.05. The molecule has 0 aliphatic rings. The van der Waals surface area contributed by atoms with Crippen molar-refractivity contribution in [2.24, 2.45) is 0 Å². The highest BCUT2D eigenvalue weighted by Gasteiger charge is 2.00. The fraction of sp³-hybridized carbons (Fsp3) is 0.364. The standard InChI is InChI=1S/C11H13ClOS/c1-2-3-6-14-10-5-4-9(8-13)11(12)7-10/h4-5,7-8H,2-3,6H2,1H3. The van der Waals surface area contributed by atoms with Crippen molar-refractivity contribution in [1.29, 1.82) is 0 Å². The minimum absolute atomic E-state index is 0.543. The molecule has 1 aromatic rings. The van der Waals surface area contributed by atoms with E-state index in [2.05, 4.69) is 6.92 Å². The summed E-state index contributed by atoms with van der Waals surface area (Å²) in [7, 11) is 0. The Morgan fingerprint density at radius 3 is 2.86 bits per heavy atom. The number of halogens is 1. The van der Waals surface area contributed by atoms with Crippen LogP contribution in [0.4, 0.5) is 0 Å². The van der Waals surface area contributed by atoms with Crippen molar-refractivity contribution in [3.63, 3.8) is 0 Å². The lowest BCUT2D eigenvalue weighted by Gasteiger charge is -2.02. The van der Waals surface area contributed by atoms with E-state index in [0.29, 0.717) is 10.6 Å². The summed E-state index contributed by atoms with van der Waals surface area (Å²) in [6, 6.07) is 5.56. The van der Waals surface area contributed by atoms with Crippen LogP contribution in [0.25, 0.3) is 0 Å². The Labute approximate surface area is 93.8 Å². The third-order valence-corrected chi connectivity index (χ3v) is 3.27. The molecule has 0 saturated carbocycles. The van der Waals surface area contributed by atoms with E-state index in [0.717, 1.165) is 16.9 Å². The highest BCUT2D eigenvalue weighted by atomic mass is 35.5. The number of thioether (sulfide) groups is 1. The maximum Gasteiger partial charge on any atom is 0.151 e. The molecule has 14 heavy (non-hydrogen) atoms. The van der Waals surface area contributed by atoms with E-state index < -0.39 is 0 Å². The Balaban J connectivity index is 2.62. The molecule has 0 heterocycles.